The standard InChI is InChI=1S/C21H15ClF4N4O4/c22-13-6-11(23)7-27-16(13)17(21(24,25)26)29-18(32)9-1-2-12-10(5-9)8-30(20(12)34)14-3-4-15(31)28-19(14)33/h1-2,5-7,14,17H,3-4,8H2,(H,29,32)(H,28,31,33). The first-order valence-corrected chi connectivity index (χ1v) is 10.3. The van der Waals surface area contributed by atoms with Crippen LogP contribution in [0, 0.1) is 5.82 Å². The maximum Gasteiger partial charge on any atom is 0.414 e. The Hall–Kier alpha value is -3.54. The molecule has 2 aliphatic heterocycles. The van der Waals surface area contributed by atoms with E-state index < -0.39 is 58.4 Å². The number of imide groups is 1. The van der Waals surface area contributed by atoms with E-state index in [-0.39, 0.29) is 30.5 Å². The quantitative estimate of drug-likeness (QED) is 0.498. The van der Waals surface area contributed by atoms with Crippen LogP contribution >= 0.6 is 11.6 Å². The molecule has 0 spiro atoms. The topological polar surface area (TPSA) is 108 Å². The molecule has 4 amide bonds. The fraction of sp³-hybridized carbons (Fsp3) is 0.286. The summed E-state index contributed by atoms with van der Waals surface area (Å²) in [5.41, 5.74) is -0.422. The van der Waals surface area contributed by atoms with Gasteiger partial charge in [-0.15, -0.1) is 0 Å². The van der Waals surface area contributed by atoms with Crippen molar-refractivity contribution in [3.05, 3.63) is 63.7 Å². The Balaban J connectivity index is 1.56. The highest BCUT2D eigenvalue weighted by molar-refractivity contribution is 6.31. The van der Waals surface area contributed by atoms with Gasteiger partial charge in [0.15, 0.2) is 6.04 Å². The van der Waals surface area contributed by atoms with Gasteiger partial charge in [0.25, 0.3) is 11.8 Å². The maximum atomic E-state index is 13.6. The molecule has 2 unspecified atom stereocenters. The summed E-state index contributed by atoms with van der Waals surface area (Å²) in [6.07, 6.45) is -4.24. The summed E-state index contributed by atoms with van der Waals surface area (Å²) in [4.78, 5) is 53.5. The average Bonchev–Trinajstić information content (AvgIpc) is 3.07. The summed E-state index contributed by atoms with van der Waals surface area (Å²) < 4.78 is 54.1. The number of benzene rings is 1. The minimum Gasteiger partial charge on any atom is -0.335 e. The molecule has 1 saturated heterocycles. The van der Waals surface area contributed by atoms with Crippen LogP contribution < -0.4 is 10.6 Å². The minimum atomic E-state index is -4.99. The van der Waals surface area contributed by atoms with Crippen molar-refractivity contribution in [1.82, 2.24) is 20.5 Å². The highest BCUT2D eigenvalue weighted by Gasteiger charge is 2.44. The predicted octanol–water partition coefficient (Wildman–Crippen LogP) is 2.67. The summed E-state index contributed by atoms with van der Waals surface area (Å²) in [6, 6.07) is 0.872. The lowest BCUT2D eigenvalue weighted by atomic mass is 10.0. The normalized spacial score (nSPS) is 19.0. The first-order valence-electron chi connectivity index (χ1n) is 9.92. The molecule has 0 aliphatic carbocycles. The third-order valence-corrected chi connectivity index (χ3v) is 5.80. The number of hydrogen-bond acceptors (Lipinski definition) is 5. The minimum absolute atomic E-state index is 0.0585. The van der Waals surface area contributed by atoms with Gasteiger partial charge in [0.05, 0.1) is 16.9 Å². The maximum absolute atomic E-state index is 13.6. The molecule has 2 aliphatic rings. The van der Waals surface area contributed by atoms with Crippen LogP contribution in [0.3, 0.4) is 0 Å². The number of rotatable bonds is 4. The largest absolute Gasteiger partial charge is 0.414 e. The van der Waals surface area contributed by atoms with Gasteiger partial charge >= 0.3 is 6.18 Å². The number of amides is 4. The van der Waals surface area contributed by atoms with Gasteiger partial charge in [0.2, 0.25) is 11.8 Å². The Morgan fingerprint density at radius 3 is 2.62 bits per heavy atom. The van der Waals surface area contributed by atoms with Gasteiger partial charge in [-0.1, -0.05) is 11.6 Å². The van der Waals surface area contributed by atoms with E-state index in [0.29, 0.717) is 17.8 Å². The zero-order chi connectivity index (χ0) is 24.8. The number of nitrogens with zero attached hydrogens (tertiary/aromatic N) is 2. The highest BCUT2D eigenvalue weighted by atomic mass is 35.5. The van der Waals surface area contributed by atoms with Crippen molar-refractivity contribution in [3.63, 3.8) is 0 Å². The summed E-state index contributed by atoms with van der Waals surface area (Å²) >= 11 is 5.71. The second-order valence-corrected chi connectivity index (χ2v) is 8.15. The molecule has 4 rings (SSSR count). The van der Waals surface area contributed by atoms with Crippen LogP contribution in [0.4, 0.5) is 17.6 Å². The molecular formula is C21H15ClF4N4O4. The summed E-state index contributed by atoms with van der Waals surface area (Å²) in [7, 11) is 0. The van der Waals surface area contributed by atoms with Gasteiger partial charge in [-0.2, -0.15) is 13.2 Å². The molecule has 0 radical (unpaired) electrons. The zero-order valence-corrected chi connectivity index (χ0v) is 17.8. The number of nitrogens with one attached hydrogen (secondary N) is 2. The molecule has 1 aromatic carbocycles. The van der Waals surface area contributed by atoms with Crippen LogP contribution in [0.1, 0.15) is 50.9 Å². The second kappa shape index (κ2) is 8.67. The van der Waals surface area contributed by atoms with Crippen LogP contribution in [0.5, 0.6) is 0 Å². The lowest BCUT2D eigenvalue weighted by molar-refractivity contribution is -0.156. The highest BCUT2D eigenvalue weighted by Crippen LogP contribution is 2.35. The Morgan fingerprint density at radius 2 is 1.97 bits per heavy atom. The molecule has 8 nitrogen and oxygen atoms in total. The van der Waals surface area contributed by atoms with E-state index in [2.05, 4.69) is 10.3 Å². The molecular weight excluding hydrogens is 484 g/mol. The number of aromatic nitrogens is 1. The third-order valence-electron chi connectivity index (χ3n) is 5.50. The molecule has 1 fully saturated rings. The van der Waals surface area contributed by atoms with E-state index in [9.17, 15) is 36.7 Å². The molecule has 178 valence electrons. The van der Waals surface area contributed by atoms with E-state index in [1.807, 2.05) is 0 Å². The van der Waals surface area contributed by atoms with Crippen LogP contribution in [-0.4, -0.2) is 45.7 Å². The molecule has 2 aromatic rings. The number of carbonyl (C=O) groups excluding carboxylic acids is 4. The molecule has 1 aromatic heterocycles. The van der Waals surface area contributed by atoms with Crippen molar-refractivity contribution >= 4 is 35.2 Å². The fourth-order valence-electron chi connectivity index (χ4n) is 3.87. The average molecular weight is 499 g/mol. The Morgan fingerprint density at radius 1 is 1.24 bits per heavy atom. The van der Waals surface area contributed by atoms with E-state index >= 15 is 0 Å². The van der Waals surface area contributed by atoms with Crippen molar-refractivity contribution < 1.29 is 36.7 Å². The third kappa shape index (κ3) is 4.45. The molecule has 34 heavy (non-hydrogen) atoms. The number of piperidine rings is 1. The number of alkyl halides is 3. The summed E-state index contributed by atoms with van der Waals surface area (Å²) in [6.45, 7) is -0.0599. The number of halogens is 5. The van der Waals surface area contributed by atoms with E-state index in [4.69, 9.17) is 11.6 Å². The molecule has 0 saturated carbocycles. The summed E-state index contributed by atoms with van der Waals surface area (Å²) in [5, 5.41) is 3.36. The molecule has 0 bridgehead atoms. The number of hydrogen-bond donors (Lipinski definition) is 2. The first-order chi connectivity index (χ1) is 16.0. The SMILES string of the molecule is O=C1CCC(N2Cc3cc(C(=O)NC(c4ncc(F)cc4Cl)C(F)(F)F)ccc3C2=O)C(=O)N1. The van der Waals surface area contributed by atoms with Gasteiger partial charge in [-0.05, 0) is 36.2 Å². The van der Waals surface area contributed by atoms with E-state index in [0.717, 1.165) is 0 Å². The molecule has 2 N–H and O–H groups in total. The summed E-state index contributed by atoms with van der Waals surface area (Å²) in [5.74, 6) is -3.62. The first kappa shape index (κ1) is 23.6. The van der Waals surface area contributed by atoms with Gasteiger partial charge in [0, 0.05) is 24.1 Å². The zero-order valence-electron chi connectivity index (χ0n) is 17.1. The van der Waals surface area contributed by atoms with Crippen molar-refractivity contribution in [1.29, 1.82) is 0 Å². The molecule has 13 heteroatoms. The fourth-order valence-corrected chi connectivity index (χ4v) is 4.14. The van der Waals surface area contributed by atoms with Crippen LogP contribution in [0.25, 0.3) is 0 Å². The van der Waals surface area contributed by atoms with Crippen molar-refractivity contribution in [2.24, 2.45) is 0 Å². The molecule has 3 heterocycles. The number of carbonyl (C=O) groups is 4. The van der Waals surface area contributed by atoms with E-state index in [1.54, 1.807) is 5.32 Å². The molecule has 2 atom stereocenters. The van der Waals surface area contributed by atoms with Crippen LogP contribution in [0.2, 0.25) is 5.02 Å². The van der Waals surface area contributed by atoms with Crippen molar-refractivity contribution in [2.45, 2.75) is 37.6 Å². The van der Waals surface area contributed by atoms with E-state index in [1.165, 1.54) is 23.1 Å². The van der Waals surface area contributed by atoms with Gasteiger partial charge in [-0.3, -0.25) is 29.5 Å². The lowest BCUT2D eigenvalue weighted by Gasteiger charge is -2.29. The van der Waals surface area contributed by atoms with Crippen LogP contribution in [-0.2, 0) is 16.1 Å². The Bertz CT molecular complexity index is 1220. The van der Waals surface area contributed by atoms with Gasteiger partial charge in [0.1, 0.15) is 11.9 Å². The monoisotopic (exact) mass is 498 g/mol. The predicted molar refractivity (Wildman–Crippen MR) is 108 cm³/mol. The van der Waals surface area contributed by atoms with Gasteiger partial charge in [-0.25, -0.2) is 4.39 Å². The Labute approximate surface area is 194 Å². The van der Waals surface area contributed by atoms with Crippen molar-refractivity contribution in [2.75, 3.05) is 0 Å². The smallest absolute Gasteiger partial charge is 0.335 e. The number of pyridine rings is 1. The lowest BCUT2D eigenvalue weighted by Crippen LogP contribution is -2.52. The second-order valence-electron chi connectivity index (χ2n) is 7.74. The van der Waals surface area contributed by atoms with Gasteiger partial charge < -0.3 is 10.2 Å². The van der Waals surface area contributed by atoms with Crippen LogP contribution in [0.15, 0.2) is 30.5 Å². The van der Waals surface area contributed by atoms with Crippen molar-refractivity contribution in [3.8, 4) is 0 Å². The number of fused-ring (bicyclic) bond motifs is 1. The Kier molecular flexibility index (Phi) is 6.02.